The van der Waals surface area contributed by atoms with E-state index in [9.17, 15) is 9.59 Å². The summed E-state index contributed by atoms with van der Waals surface area (Å²) in [5.41, 5.74) is 6.30. The predicted octanol–water partition coefficient (Wildman–Crippen LogP) is 1.95. The highest BCUT2D eigenvalue weighted by Crippen LogP contribution is 2.17. The average Bonchev–Trinajstić information content (AvgIpc) is 2.32. The molecule has 0 heterocycles. The number of nitrogens with two attached hydrogens (primary N) is 1. The van der Waals surface area contributed by atoms with Crippen LogP contribution < -0.4 is 5.73 Å². The van der Waals surface area contributed by atoms with E-state index in [4.69, 9.17) is 22.1 Å². The highest BCUT2D eigenvalue weighted by atomic mass is 35.5. The first kappa shape index (κ1) is 15.3. The van der Waals surface area contributed by atoms with Crippen LogP contribution in [-0.4, -0.2) is 37.5 Å². The standard InChI is InChI=1S/C13H17ClN2O3/c1-16(2)12(17)4-3-5-19-13(18)9-6-10(14)8-11(15)7-9/h6-8H,3-5,15H2,1-2H3. The molecule has 0 aliphatic rings. The van der Waals surface area contributed by atoms with Crippen molar-refractivity contribution in [3.63, 3.8) is 0 Å². The molecule has 6 heteroatoms. The van der Waals surface area contributed by atoms with Gasteiger partial charge in [-0.25, -0.2) is 4.79 Å². The Morgan fingerprint density at radius 1 is 1.32 bits per heavy atom. The first-order valence-electron chi connectivity index (χ1n) is 5.83. The monoisotopic (exact) mass is 284 g/mol. The van der Waals surface area contributed by atoms with E-state index < -0.39 is 5.97 Å². The van der Waals surface area contributed by atoms with Crippen LogP contribution in [0.2, 0.25) is 5.02 Å². The number of ether oxygens (including phenoxy) is 1. The lowest BCUT2D eigenvalue weighted by Crippen LogP contribution is -2.21. The number of halogens is 1. The van der Waals surface area contributed by atoms with Crippen LogP contribution in [0.3, 0.4) is 0 Å². The van der Waals surface area contributed by atoms with Gasteiger partial charge >= 0.3 is 5.97 Å². The summed E-state index contributed by atoms with van der Waals surface area (Å²) < 4.78 is 5.04. The molecular weight excluding hydrogens is 268 g/mol. The number of amides is 1. The Bertz CT molecular complexity index is 455. The molecule has 0 fully saturated rings. The molecule has 1 amide bonds. The summed E-state index contributed by atoms with van der Waals surface area (Å²) in [6, 6.07) is 4.54. The summed E-state index contributed by atoms with van der Waals surface area (Å²) in [7, 11) is 3.37. The molecule has 0 aliphatic heterocycles. The fourth-order valence-electron chi connectivity index (χ4n) is 1.43. The van der Waals surface area contributed by atoms with Crippen molar-refractivity contribution in [3.8, 4) is 0 Å². The zero-order chi connectivity index (χ0) is 14.4. The minimum Gasteiger partial charge on any atom is -0.462 e. The topological polar surface area (TPSA) is 72.6 Å². The number of hydrogen-bond acceptors (Lipinski definition) is 4. The van der Waals surface area contributed by atoms with E-state index >= 15 is 0 Å². The number of hydrogen-bond donors (Lipinski definition) is 1. The van der Waals surface area contributed by atoms with Gasteiger partial charge in [-0.05, 0) is 24.6 Å². The molecule has 0 unspecified atom stereocenters. The van der Waals surface area contributed by atoms with Gasteiger partial charge in [0.2, 0.25) is 5.91 Å². The predicted molar refractivity (Wildman–Crippen MR) is 74.1 cm³/mol. The van der Waals surface area contributed by atoms with Crippen LogP contribution >= 0.6 is 11.6 Å². The summed E-state index contributed by atoms with van der Waals surface area (Å²) in [6.45, 7) is 0.185. The molecule has 1 aromatic rings. The summed E-state index contributed by atoms with van der Waals surface area (Å²) >= 11 is 5.79. The minimum atomic E-state index is -0.494. The van der Waals surface area contributed by atoms with Crippen molar-refractivity contribution >= 4 is 29.2 Å². The maximum Gasteiger partial charge on any atom is 0.338 e. The lowest BCUT2D eigenvalue weighted by atomic mass is 10.2. The maximum absolute atomic E-state index is 11.7. The van der Waals surface area contributed by atoms with Gasteiger partial charge in [-0.2, -0.15) is 0 Å². The number of carbonyl (C=O) groups excluding carboxylic acids is 2. The number of nitrogens with zero attached hydrogens (tertiary/aromatic N) is 1. The Hall–Kier alpha value is -1.75. The van der Waals surface area contributed by atoms with Gasteiger partial charge in [0, 0.05) is 31.2 Å². The zero-order valence-electron chi connectivity index (χ0n) is 11.0. The number of carbonyl (C=O) groups is 2. The number of nitrogen functional groups attached to an aromatic ring is 1. The lowest BCUT2D eigenvalue weighted by Gasteiger charge is -2.10. The summed E-state index contributed by atoms with van der Waals surface area (Å²) in [5, 5.41) is 0.384. The van der Waals surface area contributed by atoms with Gasteiger partial charge in [0.1, 0.15) is 0 Å². The van der Waals surface area contributed by atoms with Crippen molar-refractivity contribution in [2.24, 2.45) is 0 Å². The molecule has 0 radical (unpaired) electrons. The lowest BCUT2D eigenvalue weighted by molar-refractivity contribution is -0.128. The van der Waals surface area contributed by atoms with Crippen LogP contribution in [0.25, 0.3) is 0 Å². The zero-order valence-corrected chi connectivity index (χ0v) is 11.7. The largest absolute Gasteiger partial charge is 0.462 e. The average molecular weight is 285 g/mol. The molecule has 5 nitrogen and oxygen atoms in total. The molecule has 0 bridgehead atoms. The van der Waals surface area contributed by atoms with Gasteiger partial charge in [-0.3, -0.25) is 4.79 Å². The molecule has 0 saturated carbocycles. The molecule has 104 valence electrons. The molecule has 19 heavy (non-hydrogen) atoms. The van der Waals surface area contributed by atoms with Crippen molar-refractivity contribution in [1.82, 2.24) is 4.90 Å². The Balaban J connectivity index is 2.41. The number of anilines is 1. The molecule has 1 rings (SSSR count). The first-order chi connectivity index (χ1) is 8.90. The number of rotatable bonds is 5. The Morgan fingerprint density at radius 2 is 2.00 bits per heavy atom. The Morgan fingerprint density at radius 3 is 2.58 bits per heavy atom. The van der Waals surface area contributed by atoms with E-state index in [0.29, 0.717) is 29.1 Å². The Labute approximate surface area is 117 Å². The summed E-state index contributed by atoms with van der Waals surface area (Å²) in [6.07, 6.45) is 0.830. The van der Waals surface area contributed by atoms with Crippen LogP contribution in [-0.2, 0) is 9.53 Å². The third kappa shape index (κ3) is 5.18. The number of esters is 1. The molecule has 0 saturated heterocycles. The van der Waals surface area contributed by atoms with Crippen LogP contribution in [0.5, 0.6) is 0 Å². The highest BCUT2D eigenvalue weighted by Gasteiger charge is 2.10. The minimum absolute atomic E-state index is 0.00282. The summed E-state index contributed by atoms with van der Waals surface area (Å²) in [4.78, 5) is 24.5. The van der Waals surface area contributed by atoms with Gasteiger partial charge in [-0.1, -0.05) is 11.6 Å². The van der Waals surface area contributed by atoms with Crippen LogP contribution in [0.15, 0.2) is 18.2 Å². The molecule has 0 aliphatic carbocycles. The normalized spacial score (nSPS) is 10.1. The van der Waals surface area contributed by atoms with Gasteiger partial charge in [0.25, 0.3) is 0 Å². The smallest absolute Gasteiger partial charge is 0.338 e. The fraction of sp³-hybridized carbons (Fsp3) is 0.385. The van der Waals surface area contributed by atoms with Crippen molar-refractivity contribution in [1.29, 1.82) is 0 Å². The molecular formula is C13H17ClN2O3. The van der Waals surface area contributed by atoms with Crippen LogP contribution in [0.1, 0.15) is 23.2 Å². The number of benzene rings is 1. The SMILES string of the molecule is CN(C)C(=O)CCCOC(=O)c1cc(N)cc(Cl)c1. The highest BCUT2D eigenvalue weighted by molar-refractivity contribution is 6.31. The van der Waals surface area contributed by atoms with Crippen molar-refractivity contribution in [3.05, 3.63) is 28.8 Å². The van der Waals surface area contributed by atoms with E-state index in [0.717, 1.165) is 0 Å². The third-order valence-corrected chi connectivity index (χ3v) is 2.64. The molecule has 2 N–H and O–H groups in total. The van der Waals surface area contributed by atoms with Gasteiger partial charge in [0.15, 0.2) is 0 Å². The summed E-state index contributed by atoms with van der Waals surface area (Å²) in [5.74, 6) is -0.491. The van der Waals surface area contributed by atoms with E-state index in [1.807, 2.05) is 0 Å². The van der Waals surface area contributed by atoms with E-state index in [-0.39, 0.29) is 12.5 Å². The van der Waals surface area contributed by atoms with Gasteiger partial charge < -0.3 is 15.4 Å². The second-order valence-electron chi connectivity index (χ2n) is 4.30. The molecule has 0 aromatic heterocycles. The maximum atomic E-state index is 11.7. The second-order valence-corrected chi connectivity index (χ2v) is 4.74. The first-order valence-corrected chi connectivity index (χ1v) is 6.21. The van der Waals surface area contributed by atoms with Gasteiger partial charge in [-0.15, -0.1) is 0 Å². The van der Waals surface area contributed by atoms with Crippen LogP contribution in [0.4, 0.5) is 5.69 Å². The molecule has 0 atom stereocenters. The van der Waals surface area contributed by atoms with E-state index in [1.54, 1.807) is 20.2 Å². The molecule has 1 aromatic carbocycles. The fourth-order valence-corrected chi connectivity index (χ4v) is 1.67. The van der Waals surface area contributed by atoms with Crippen molar-refractivity contribution in [2.45, 2.75) is 12.8 Å². The van der Waals surface area contributed by atoms with Crippen LogP contribution in [0, 0.1) is 0 Å². The second kappa shape index (κ2) is 6.99. The van der Waals surface area contributed by atoms with Crippen molar-refractivity contribution in [2.75, 3.05) is 26.4 Å². The third-order valence-electron chi connectivity index (χ3n) is 2.42. The van der Waals surface area contributed by atoms with Crippen molar-refractivity contribution < 1.29 is 14.3 Å². The molecule has 0 spiro atoms. The van der Waals surface area contributed by atoms with E-state index in [1.165, 1.54) is 17.0 Å². The Kier molecular flexibility index (Phi) is 5.63. The quantitative estimate of drug-likeness (QED) is 0.509. The van der Waals surface area contributed by atoms with E-state index in [2.05, 4.69) is 0 Å². The van der Waals surface area contributed by atoms with Gasteiger partial charge in [0.05, 0.1) is 12.2 Å².